The number of aromatic nitrogens is 1. The fourth-order valence-electron chi connectivity index (χ4n) is 2.27. The van der Waals surface area contributed by atoms with E-state index in [1.54, 1.807) is 24.5 Å². The van der Waals surface area contributed by atoms with Crippen molar-refractivity contribution in [3.63, 3.8) is 0 Å². The molecule has 0 aliphatic carbocycles. The molecule has 0 amide bonds. The van der Waals surface area contributed by atoms with Gasteiger partial charge in [0, 0.05) is 40.8 Å². The first-order chi connectivity index (χ1) is 9.70. The van der Waals surface area contributed by atoms with Crippen molar-refractivity contribution in [2.24, 2.45) is 5.73 Å². The third-order valence-corrected chi connectivity index (χ3v) is 3.15. The van der Waals surface area contributed by atoms with Crippen LogP contribution in [0.25, 0.3) is 5.57 Å². The van der Waals surface area contributed by atoms with Gasteiger partial charge in [-0.15, -0.1) is 0 Å². The van der Waals surface area contributed by atoms with Crippen molar-refractivity contribution >= 4 is 11.3 Å². The lowest BCUT2D eigenvalue weighted by atomic mass is 9.91. The van der Waals surface area contributed by atoms with Gasteiger partial charge in [-0.25, -0.2) is 0 Å². The zero-order valence-corrected chi connectivity index (χ0v) is 10.6. The summed E-state index contributed by atoms with van der Waals surface area (Å²) in [6, 6.07) is 11.1. The highest BCUT2D eigenvalue weighted by Crippen LogP contribution is 2.39. The Bertz CT molecular complexity index is 731. The Morgan fingerprint density at radius 1 is 1.30 bits per heavy atom. The van der Waals surface area contributed by atoms with E-state index in [-0.39, 0.29) is 0 Å². The van der Waals surface area contributed by atoms with E-state index in [4.69, 9.17) is 16.2 Å². The molecule has 1 aliphatic rings. The molecule has 2 heterocycles. The number of nitrogens with two attached hydrogens (primary N) is 2. The molecule has 5 nitrogen and oxygen atoms in total. The van der Waals surface area contributed by atoms with Crippen LogP contribution in [0.1, 0.15) is 11.1 Å². The highest BCUT2D eigenvalue weighted by Gasteiger charge is 2.27. The summed E-state index contributed by atoms with van der Waals surface area (Å²) in [6.07, 6.45) is 2.58. The number of hydrogen-bond acceptors (Lipinski definition) is 5. The zero-order chi connectivity index (χ0) is 14.1. The smallest absolute Gasteiger partial charge is 0.184 e. The minimum atomic E-state index is -0.801. The van der Waals surface area contributed by atoms with Crippen LogP contribution in [0.15, 0.2) is 48.3 Å². The average molecular weight is 264 g/mol. The van der Waals surface area contributed by atoms with Gasteiger partial charge in [0.25, 0.3) is 0 Å². The Labute approximate surface area is 116 Å². The summed E-state index contributed by atoms with van der Waals surface area (Å²) in [6.45, 7) is 0. The molecule has 1 aromatic carbocycles. The van der Waals surface area contributed by atoms with E-state index >= 15 is 0 Å². The van der Waals surface area contributed by atoms with E-state index in [2.05, 4.69) is 11.1 Å². The third-order valence-electron chi connectivity index (χ3n) is 3.15. The van der Waals surface area contributed by atoms with E-state index in [1.165, 1.54) is 0 Å². The molecule has 98 valence electrons. The summed E-state index contributed by atoms with van der Waals surface area (Å²) in [5.74, 6) is 0.579. The molecule has 3 rings (SSSR count). The molecule has 0 saturated carbocycles. The van der Waals surface area contributed by atoms with E-state index in [0.29, 0.717) is 17.0 Å². The first-order valence-corrected chi connectivity index (χ1v) is 6.07. The summed E-state index contributed by atoms with van der Waals surface area (Å²) in [5.41, 5.74) is 15.0. The van der Waals surface area contributed by atoms with Crippen molar-refractivity contribution in [1.29, 1.82) is 5.26 Å². The van der Waals surface area contributed by atoms with Gasteiger partial charge >= 0.3 is 0 Å². The largest absolute Gasteiger partial charge is 0.470 e. The van der Waals surface area contributed by atoms with E-state index < -0.39 is 6.23 Å². The van der Waals surface area contributed by atoms with E-state index in [1.807, 2.05) is 18.2 Å². The fraction of sp³-hybridized carbons (Fsp3) is 0.0667. The number of pyridine rings is 1. The van der Waals surface area contributed by atoms with Gasteiger partial charge in [-0.3, -0.25) is 10.7 Å². The van der Waals surface area contributed by atoms with Crippen LogP contribution in [-0.4, -0.2) is 11.2 Å². The lowest BCUT2D eigenvalue weighted by Gasteiger charge is -2.26. The average Bonchev–Trinajstić information content (AvgIpc) is 2.46. The highest BCUT2D eigenvalue weighted by molar-refractivity contribution is 5.88. The van der Waals surface area contributed by atoms with Crippen molar-refractivity contribution in [3.05, 3.63) is 59.4 Å². The Hall–Kier alpha value is -2.84. The maximum atomic E-state index is 9.36. The quantitative estimate of drug-likeness (QED) is 0.763. The molecule has 5 heteroatoms. The van der Waals surface area contributed by atoms with Gasteiger partial charge in [-0.1, -0.05) is 6.07 Å². The lowest BCUT2D eigenvalue weighted by molar-refractivity contribution is 0.245. The Kier molecular flexibility index (Phi) is 2.86. The van der Waals surface area contributed by atoms with Crippen LogP contribution >= 0.6 is 0 Å². The molecule has 0 bridgehead atoms. The minimum absolute atomic E-state index is 0.385. The van der Waals surface area contributed by atoms with Crippen molar-refractivity contribution in [2.45, 2.75) is 6.23 Å². The monoisotopic (exact) mass is 264 g/mol. The van der Waals surface area contributed by atoms with Crippen LogP contribution in [-0.2, 0) is 0 Å². The summed E-state index contributed by atoms with van der Waals surface area (Å²) < 4.78 is 5.56. The first-order valence-electron chi connectivity index (χ1n) is 6.07. The maximum absolute atomic E-state index is 9.36. The molecule has 0 fully saturated rings. The second-order valence-corrected chi connectivity index (χ2v) is 4.44. The van der Waals surface area contributed by atoms with Gasteiger partial charge in [0.1, 0.15) is 11.8 Å². The summed E-state index contributed by atoms with van der Waals surface area (Å²) in [7, 11) is 0. The maximum Gasteiger partial charge on any atom is 0.184 e. The fourth-order valence-corrected chi connectivity index (χ4v) is 2.27. The minimum Gasteiger partial charge on any atom is -0.470 e. The molecular weight excluding hydrogens is 252 g/mol. The van der Waals surface area contributed by atoms with E-state index in [9.17, 15) is 5.26 Å². The summed E-state index contributed by atoms with van der Waals surface area (Å²) in [5, 5.41) is 9.36. The first kappa shape index (κ1) is 12.2. The highest BCUT2D eigenvalue weighted by atomic mass is 16.5. The van der Waals surface area contributed by atoms with Crippen molar-refractivity contribution in [2.75, 3.05) is 5.73 Å². The van der Waals surface area contributed by atoms with Crippen molar-refractivity contribution in [3.8, 4) is 11.8 Å². The predicted molar refractivity (Wildman–Crippen MR) is 75.3 cm³/mol. The van der Waals surface area contributed by atoms with Gasteiger partial charge in [0.15, 0.2) is 6.23 Å². The number of fused-ring (bicyclic) bond motifs is 1. The SMILES string of the molecule is N#CC1=C(c2cccnc2)c2ccc(N)cc2OC1N. The van der Waals surface area contributed by atoms with Crippen molar-refractivity contribution in [1.82, 2.24) is 4.98 Å². The number of anilines is 1. The van der Waals surface area contributed by atoms with Gasteiger partial charge in [0.2, 0.25) is 0 Å². The molecule has 1 atom stereocenters. The molecule has 1 unspecified atom stereocenters. The normalized spacial score (nSPS) is 17.1. The molecule has 1 aliphatic heterocycles. The third kappa shape index (κ3) is 1.88. The van der Waals surface area contributed by atoms with Crippen molar-refractivity contribution < 1.29 is 4.74 Å². The van der Waals surface area contributed by atoms with Crippen LogP contribution in [0.3, 0.4) is 0 Å². The molecule has 0 radical (unpaired) electrons. The number of nitrogens with zero attached hydrogens (tertiary/aromatic N) is 2. The molecule has 2 aromatic rings. The Morgan fingerprint density at radius 2 is 2.15 bits per heavy atom. The molecule has 4 N–H and O–H groups in total. The van der Waals surface area contributed by atoms with E-state index in [0.717, 1.165) is 16.7 Å². The number of benzene rings is 1. The second-order valence-electron chi connectivity index (χ2n) is 4.44. The number of hydrogen-bond donors (Lipinski definition) is 2. The second kappa shape index (κ2) is 4.68. The standard InChI is InChI=1S/C15H12N4O/c16-7-12-14(9-2-1-5-19-8-9)11-4-3-10(17)6-13(11)20-15(12)18/h1-6,8,15H,17-18H2. The van der Waals surface area contributed by atoms with Crippen LogP contribution in [0.2, 0.25) is 0 Å². The molecule has 0 saturated heterocycles. The number of ether oxygens (including phenoxy) is 1. The molecule has 0 spiro atoms. The predicted octanol–water partition coefficient (Wildman–Crippen LogP) is 1.67. The summed E-state index contributed by atoms with van der Waals surface area (Å²) >= 11 is 0. The Morgan fingerprint density at radius 3 is 2.85 bits per heavy atom. The van der Waals surface area contributed by atoms with Gasteiger partial charge in [-0.05, 0) is 18.2 Å². The number of nitriles is 1. The topological polar surface area (TPSA) is 98.0 Å². The van der Waals surface area contributed by atoms with Gasteiger partial charge < -0.3 is 10.5 Å². The Balaban J connectivity index is 2.29. The number of rotatable bonds is 1. The van der Waals surface area contributed by atoms with Crippen LogP contribution in [0.5, 0.6) is 5.75 Å². The molecular formula is C15H12N4O. The van der Waals surface area contributed by atoms with Gasteiger partial charge in [0.05, 0.1) is 5.57 Å². The zero-order valence-electron chi connectivity index (χ0n) is 10.6. The summed E-state index contributed by atoms with van der Waals surface area (Å²) in [4.78, 5) is 4.09. The van der Waals surface area contributed by atoms with Gasteiger partial charge in [-0.2, -0.15) is 5.26 Å². The molecule has 1 aromatic heterocycles. The van der Waals surface area contributed by atoms with Crippen LogP contribution < -0.4 is 16.2 Å². The van der Waals surface area contributed by atoms with Crippen LogP contribution in [0.4, 0.5) is 5.69 Å². The lowest BCUT2D eigenvalue weighted by Crippen LogP contribution is -2.33. The number of nitrogen functional groups attached to an aromatic ring is 1. The molecule has 20 heavy (non-hydrogen) atoms. The van der Waals surface area contributed by atoms with Crippen LogP contribution in [0, 0.1) is 11.3 Å².